The van der Waals surface area contributed by atoms with Crippen LogP contribution >= 0.6 is 0 Å². The Bertz CT molecular complexity index is 1360. The number of anilines is 1. The maximum Gasteiger partial charge on any atom is 0.185 e. The van der Waals surface area contributed by atoms with Crippen molar-refractivity contribution in [3.8, 4) is 28.3 Å². The number of aromatic hydroxyl groups is 1. The van der Waals surface area contributed by atoms with Gasteiger partial charge in [0.1, 0.15) is 5.75 Å². The fourth-order valence-electron chi connectivity index (χ4n) is 5.53. The number of nitrogens with zero attached hydrogens (tertiary/aromatic N) is 6. The Balaban J connectivity index is 1.37. The average molecular weight is 472 g/mol. The van der Waals surface area contributed by atoms with Crippen molar-refractivity contribution in [1.82, 2.24) is 30.3 Å². The van der Waals surface area contributed by atoms with Gasteiger partial charge in [0.15, 0.2) is 11.6 Å². The minimum Gasteiger partial charge on any atom is -0.507 e. The zero-order chi connectivity index (χ0) is 25.0. The number of hydrogen-bond donors (Lipinski definition) is 2. The summed E-state index contributed by atoms with van der Waals surface area (Å²) in [6.07, 6.45) is 5.60. The first-order valence-corrected chi connectivity index (χ1v) is 12.0. The Kier molecular flexibility index (Phi) is 5.51. The van der Waals surface area contributed by atoms with Gasteiger partial charge in [-0.15, -0.1) is 10.2 Å². The van der Waals surface area contributed by atoms with Crippen LogP contribution in [0.15, 0.2) is 48.8 Å². The number of hydrogen-bond acceptors (Lipinski definition) is 7. The van der Waals surface area contributed by atoms with E-state index in [0.717, 1.165) is 40.7 Å². The SMILES string of the molecule is CN(c1cnc(-c2ccc(-c3ccc4c(cnn4C)c3)cc2O)nn1)C1CC(C)(C)NC(C)(C)C1. The normalized spacial score (nSPS) is 17.5. The van der Waals surface area contributed by atoms with Crippen LogP contribution in [0.3, 0.4) is 0 Å². The molecule has 35 heavy (non-hydrogen) atoms. The molecule has 1 aliphatic heterocycles. The lowest BCUT2D eigenvalue weighted by Gasteiger charge is -2.49. The van der Waals surface area contributed by atoms with Crippen LogP contribution in [-0.4, -0.2) is 54.2 Å². The van der Waals surface area contributed by atoms with Gasteiger partial charge in [-0.3, -0.25) is 4.68 Å². The van der Waals surface area contributed by atoms with Crippen molar-refractivity contribution in [3.05, 3.63) is 48.8 Å². The van der Waals surface area contributed by atoms with Gasteiger partial charge in [0.05, 0.1) is 23.5 Å². The summed E-state index contributed by atoms with van der Waals surface area (Å²) in [5.74, 6) is 1.26. The number of phenols is 1. The molecule has 0 radical (unpaired) electrons. The van der Waals surface area contributed by atoms with Crippen molar-refractivity contribution in [2.24, 2.45) is 7.05 Å². The van der Waals surface area contributed by atoms with E-state index in [9.17, 15) is 5.11 Å². The van der Waals surface area contributed by atoms with Gasteiger partial charge >= 0.3 is 0 Å². The first kappa shape index (κ1) is 23.2. The van der Waals surface area contributed by atoms with Crippen molar-refractivity contribution in [3.63, 3.8) is 0 Å². The smallest absolute Gasteiger partial charge is 0.185 e. The molecule has 0 spiro atoms. The number of benzene rings is 2. The van der Waals surface area contributed by atoms with Gasteiger partial charge in [0, 0.05) is 36.6 Å². The molecule has 1 aliphatic rings. The number of aryl methyl sites for hydroxylation is 1. The highest BCUT2D eigenvalue weighted by molar-refractivity contribution is 5.85. The highest BCUT2D eigenvalue weighted by Crippen LogP contribution is 2.34. The van der Waals surface area contributed by atoms with Crippen molar-refractivity contribution in [2.45, 2.75) is 57.7 Å². The quantitative estimate of drug-likeness (QED) is 0.451. The highest BCUT2D eigenvalue weighted by Gasteiger charge is 2.39. The second kappa shape index (κ2) is 8.30. The largest absolute Gasteiger partial charge is 0.507 e. The van der Waals surface area contributed by atoms with E-state index in [1.165, 1.54) is 0 Å². The molecule has 5 rings (SSSR count). The predicted octanol–water partition coefficient (Wildman–Crippen LogP) is 4.54. The molecule has 0 unspecified atom stereocenters. The molecule has 2 N–H and O–H groups in total. The van der Waals surface area contributed by atoms with Crippen molar-refractivity contribution >= 4 is 16.7 Å². The lowest BCUT2D eigenvalue weighted by Crippen LogP contribution is -2.62. The van der Waals surface area contributed by atoms with Crippen LogP contribution in [0, 0.1) is 0 Å². The van der Waals surface area contributed by atoms with Gasteiger partial charge in [-0.25, -0.2) is 4.98 Å². The topological polar surface area (TPSA) is 92.0 Å². The first-order chi connectivity index (χ1) is 16.5. The molecule has 8 heteroatoms. The highest BCUT2D eigenvalue weighted by atomic mass is 16.3. The second-order valence-electron chi connectivity index (χ2n) is 11.0. The van der Waals surface area contributed by atoms with Crippen LogP contribution in [0.4, 0.5) is 5.82 Å². The lowest BCUT2D eigenvalue weighted by molar-refractivity contribution is 0.160. The van der Waals surface area contributed by atoms with Crippen LogP contribution in [0.25, 0.3) is 33.4 Å². The summed E-state index contributed by atoms with van der Waals surface area (Å²) in [6, 6.07) is 12.0. The molecule has 1 saturated heterocycles. The molecular formula is C27H33N7O. The zero-order valence-corrected chi connectivity index (χ0v) is 21.2. The monoisotopic (exact) mass is 471 g/mol. The Hall–Kier alpha value is -3.52. The van der Waals surface area contributed by atoms with E-state index in [-0.39, 0.29) is 16.8 Å². The van der Waals surface area contributed by atoms with Gasteiger partial charge in [-0.2, -0.15) is 5.10 Å². The molecule has 3 heterocycles. The summed E-state index contributed by atoms with van der Waals surface area (Å²) >= 11 is 0. The van der Waals surface area contributed by atoms with Crippen LogP contribution in [-0.2, 0) is 7.05 Å². The summed E-state index contributed by atoms with van der Waals surface area (Å²) in [5, 5.41) is 28.7. The van der Waals surface area contributed by atoms with Gasteiger partial charge < -0.3 is 15.3 Å². The van der Waals surface area contributed by atoms with Crippen molar-refractivity contribution in [2.75, 3.05) is 11.9 Å². The molecular weight excluding hydrogens is 438 g/mol. The lowest BCUT2D eigenvalue weighted by atomic mass is 9.79. The molecule has 0 bridgehead atoms. The summed E-state index contributed by atoms with van der Waals surface area (Å²) in [6.45, 7) is 8.96. The minimum absolute atomic E-state index is 0.0383. The van der Waals surface area contributed by atoms with E-state index < -0.39 is 0 Å². The Morgan fingerprint density at radius 2 is 1.66 bits per heavy atom. The van der Waals surface area contributed by atoms with E-state index in [0.29, 0.717) is 17.4 Å². The molecule has 1 fully saturated rings. The summed E-state index contributed by atoms with van der Waals surface area (Å²) in [7, 11) is 3.98. The van der Waals surface area contributed by atoms with E-state index in [4.69, 9.17) is 0 Å². The third kappa shape index (κ3) is 4.58. The molecule has 8 nitrogen and oxygen atoms in total. The number of nitrogens with one attached hydrogen (secondary N) is 1. The van der Waals surface area contributed by atoms with E-state index in [1.807, 2.05) is 42.2 Å². The van der Waals surface area contributed by atoms with Crippen molar-refractivity contribution < 1.29 is 5.11 Å². The molecule has 2 aromatic heterocycles. The summed E-state index contributed by atoms with van der Waals surface area (Å²) in [4.78, 5) is 6.71. The summed E-state index contributed by atoms with van der Waals surface area (Å²) < 4.78 is 1.85. The van der Waals surface area contributed by atoms with E-state index >= 15 is 0 Å². The minimum atomic E-state index is 0.0383. The fourth-order valence-corrected chi connectivity index (χ4v) is 5.53. The molecule has 2 aromatic carbocycles. The van der Waals surface area contributed by atoms with Gasteiger partial charge in [0.2, 0.25) is 0 Å². The molecule has 0 saturated carbocycles. The molecule has 182 valence electrons. The van der Waals surface area contributed by atoms with Gasteiger partial charge in [-0.05, 0) is 75.9 Å². The van der Waals surface area contributed by atoms with Crippen LogP contribution in [0.5, 0.6) is 5.75 Å². The molecule has 0 amide bonds. The third-order valence-electron chi connectivity index (χ3n) is 6.95. The van der Waals surface area contributed by atoms with Crippen LogP contribution in [0.2, 0.25) is 0 Å². The number of fused-ring (bicyclic) bond motifs is 1. The van der Waals surface area contributed by atoms with Gasteiger partial charge in [-0.1, -0.05) is 12.1 Å². The maximum absolute atomic E-state index is 10.8. The predicted molar refractivity (Wildman–Crippen MR) is 139 cm³/mol. The maximum atomic E-state index is 10.8. The Morgan fingerprint density at radius 3 is 2.31 bits per heavy atom. The first-order valence-electron chi connectivity index (χ1n) is 12.0. The Morgan fingerprint density at radius 1 is 0.971 bits per heavy atom. The Labute approximate surface area is 206 Å². The van der Waals surface area contributed by atoms with Crippen molar-refractivity contribution in [1.29, 1.82) is 0 Å². The third-order valence-corrected chi connectivity index (χ3v) is 6.95. The molecule has 4 aromatic rings. The zero-order valence-electron chi connectivity index (χ0n) is 21.2. The summed E-state index contributed by atoms with van der Waals surface area (Å²) in [5.41, 5.74) is 3.62. The average Bonchev–Trinajstić information content (AvgIpc) is 3.17. The number of rotatable bonds is 4. The van der Waals surface area contributed by atoms with E-state index in [1.54, 1.807) is 12.3 Å². The second-order valence-corrected chi connectivity index (χ2v) is 11.0. The van der Waals surface area contributed by atoms with Crippen LogP contribution < -0.4 is 10.2 Å². The van der Waals surface area contributed by atoms with Gasteiger partial charge in [0.25, 0.3) is 0 Å². The van der Waals surface area contributed by atoms with E-state index in [2.05, 4.69) is 71.3 Å². The van der Waals surface area contributed by atoms with Crippen LogP contribution in [0.1, 0.15) is 40.5 Å². The molecule has 0 atom stereocenters. The number of aromatic nitrogens is 5. The molecule has 0 aliphatic carbocycles. The fraction of sp³-hybridized carbons (Fsp3) is 0.407. The number of phenolic OH excluding ortho intramolecular Hbond substituents is 1. The standard InChI is InChI=1S/C27H33N7O/c1-26(2)13-20(14-27(3,4)32-26)33(5)24-16-28-25(31-30-24)21-9-7-18(12-23(21)35)17-8-10-22-19(11-17)15-29-34(22)6/h7-12,15-16,20,32,35H,13-14H2,1-6H3. The number of piperidine rings is 1.